The van der Waals surface area contributed by atoms with Gasteiger partial charge in [0.2, 0.25) is 0 Å². The molecule has 0 aromatic carbocycles. The average Bonchev–Trinajstić information content (AvgIpc) is 2.03. The number of rotatable bonds is 10. The van der Waals surface area contributed by atoms with Gasteiger partial charge in [-0.05, 0) is 78.4 Å². The lowest BCUT2D eigenvalue weighted by molar-refractivity contribution is 0.236. The lowest BCUT2D eigenvalue weighted by Gasteiger charge is -2.44. The van der Waals surface area contributed by atoms with Crippen LogP contribution in [0.5, 0.6) is 0 Å². The fourth-order valence-corrected chi connectivity index (χ4v) is 21.5. The van der Waals surface area contributed by atoms with E-state index in [4.69, 9.17) is 16.5 Å². The van der Waals surface area contributed by atoms with Gasteiger partial charge in [0.15, 0.2) is 25.0 Å². The third kappa shape index (κ3) is 12.0. The standard InChI is InChI=1S/C14H39O4Si5/c1-13-14-23(16-20(5,6)7,17-21(8,9)10)18-22(11,12)15-19(2,3)4/h14H,13H2,1-12H3. The number of hydrogen-bond donors (Lipinski definition) is 0. The Morgan fingerprint density at radius 3 is 1.17 bits per heavy atom. The second-order valence-corrected chi connectivity index (χ2v) is 29.7. The van der Waals surface area contributed by atoms with E-state index < -0.39 is 42.3 Å². The molecule has 0 saturated carbocycles. The van der Waals surface area contributed by atoms with E-state index >= 15 is 0 Å². The van der Waals surface area contributed by atoms with Gasteiger partial charge in [-0.15, -0.1) is 0 Å². The van der Waals surface area contributed by atoms with Gasteiger partial charge in [-0.25, -0.2) is 0 Å². The highest BCUT2D eigenvalue weighted by Gasteiger charge is 2.51. The zero-order valence-corrected chi connectivity index (χ0v) is 22.4. The molecule has 4 nitrogen and oxygen atoms in total. The Balaban J connectivity index is 5.61. The van der Waals surface area contributed by atoms with E-state index in [2.05, 4.69) is 85.0 Å². The molecule has 0 N–H and O–H groups in total. The zero-order valence-electron chi connectivity index (χ0n) is 17.4. The summed E-state index contributed by atoms with van der Waals surface area (Å²) in [4.78, 5) is 0. The zero-order chi connectivity index (χ0) is 18.7. The molecule has 0 atom stereocenters. The lowest BCUT2D eigenvalue weighted by Crippen LogP contribution is -2.63. The molecule has 0 bridgehead atoms. The summed E-state index contributed by atoms with van der Waals surface area (Å²) < 4.78 is 26.2. The first kappa shape index (κ1) is 23.9. The van der Waals surface area contributed by atoms with Gasteiger partial charge in [0.25, 0.3) is 0 Å². The molecular formula is C14H39O4Si5. The van der Waals surface area contributed by atoms with Gasteiger partial charge in [0, 0.05) is 6.04 Å². The van der Waals surface area contributed by atoms with Crippen molar-refractivity contribution < 1.29 is 16.5 Å². The first-order chi connectivity index (χ1) is 9.89. The fourth-order valence-electron chi connectivity index (χ4n) is 2.39. The smallest absolute Gasteiger partial charge is 0.437 e. The van der Waals surface area contributed by atoms with Crippen LogP contribution in [0.25, 0.3) is 0 Å². The summed E-state index contributed by atoms with van der Waals surface area (Å²) in [6.07, 6.45) is 0.888. The summed E-state index contributed by atoms with van der Waals surface area (Å²) in [6.45, 7) is 26.2. The second-order valence-electron chi connectivity index (χ2n) is 9.36. The van der Waals surface area contributed by atoms with Crippen molar-refractivity contribution in [3.05, 3.63) is 6.04 Å². The van der Waals surface area contributed by atoms with Gasteiger partial charge < -0.3 is 16.5 Å². The highest BCUT2D eigenvalue weighted by atomic mass is 28.5. The van der Waals surface area contributed by atoms with Crippen molar-refractivity contribution >= 4 is 42.3 Å². The van der Waals surface area contributed by atoms with E-state index in [0.29, 0.717) is 0 Å². The van der Waals surface area contributed by atoms with Crippen LogP contribution in [0, 0.1) is 6.04 Å². The Hall–Kier alpha value is 0.924. The minimum Gasteiger partial charge on any atom is -0.437 e. The summed E-state index contributed by atoms with van der Waals surface area (Å²) in [6, 6.07) is 2.17. The molecule has 0 aromatic rings. The van der Waals surface area contributed by atoms with Crippen molar-refractivity contribution in [2.24, 2.45) is 0 Å². The first-order valence-corrected chi connectivity index (χ1v) is 23.4. The molecule has 0 aromatic heterocycles. The summed E-state index contributed by atoms with van der Waals surface area (Å²) in [5.74, 6) is 0. The van der Waals surface area contributed by atoms with Crippen molar-refractivity contribution in [2.75, 3.05) is 0 Å². The second kappa shape index (κ2) is 8.08. The summed E-state index contributed by atoms with van der Waals surface area (Å²) in [5, 5.41) is 0. The van der Waals surface area contributed by atoms with Gasteiger partial charge in [0.05, 0.1) is 0 Å². The Labute approximate surface area is 150 Å². The molecule has 0 saturated heterocycles. The maximum atomic E-state index is 6.65. The van der Waals surface area contributed by atoms with Gasteiger partial charge in [-0.1, -0.05) is 6.92 Å². The average molecular weight is 412 g/mol. The van der Waals surface area contributed by atoms with E-state index in [0.717, 1.165) is 6.42 Å². The van der Waals surface area contributed by atoms with Crippen LogP contribution in [0.1, 0.15) is 13.3 Å². The van der Waals surface area contributed by atoms with Crippen molar-refractivity contribution in [3.8, 4) is 0 Å². The minimum absolute atomic E-state index is 0.888. The molecule has 0 rings (SSSR count). The Morgan fingerprint density at radius 1 is 0.565 bits per heavy atom. The van der Waals surface area contributed by atoms with E-state index in [9.17, 15) is 0 Å². The van der Waals surface area contributed by atoms with Crippen LogP contribution in [0.2, 0.25) is 72.0 Å². The third-order valence-corrected chi connectivity index (χ3v) is 17.9. The molecule has 0 unspecified atom stereocenters. The minimum atomic E-state index is -2.84. The van der Waals surface area contributed by atoms with Crippen LogP contribution < -0.4 is 0 Å². The molecule has 0 spiro atoms. The van der Waals surface area contributed by atoms with Gasteiger partial charge >= 0.3 is 17.4 Å². The van der Waals surface area contributed by atoms with Crippen molar-refractivity contribution in [3.63, 3.8) is 0 Å². The van der Waals surface area contributed by atoms with Crippen LogP contribution >= 0.6 is 0 Å². The quantitative estimate of drug-likeness (QED) is 0.454. The largest absolute Gasteiger partial charge is 0.474 e. The van der Waals surface area contributed by atoms with Crippen molar-refractivity contribution in [1.29, 1.82) is 0 Å². The molecule has 23 heavy (non-hydrogen) atoms. The third-order valence-electron chi connectivity index (χ3n) is 2.29. The van der Waals surface area contributed by atoms with Crippen molar-refractivity contribution in [1.82, 2.24) is 0 Å². The number of hydrogen-bond acceptors (Lipinski definition) is 4. The molecule has 139 valence electrons. The Kier molecular flexibility index (Phi) is 8.41. The Morgan fingerprint density at radius 2 is 0.913 bits per heavy atom. The van der Waals surface area contributed by atoms with Gasteiger partial charge in [0.1, 0.15) is 0 Å². The summed E-state index contributed by atoms with van der Waals surface area (Å²) in [7, 11) is -10.5. The Bertz CT molecular complexity index is 353. The molecule has 9 heteroatoms. The van der Waals surface area contributed by atoms with E-state index in [1.165, 1.54) is 0 Å². The molecule has 0 aliphatic carbocycles. The maximum Gasteiger partial charge on any atom is 0.474 e. The predicted molar refractivity (Wildman–Crippen MR) is 112 cm³/mol. The van der Waals surface area contributed by atoms with Crippen LogP contribution in [-0.2, 0) is 16.5 Å². The van der Waals surface area contributed by atoms with E-state index in [1.807, 2.05) is 0 Å². The molecule has 0 heterocycles. The fraction of sp³-hybridized carbons (Fsp3) is 0.929. The molecule has 0 aliphatic rings. The van der Waals surface area contributed by atoms with Crippen LogP contribution in [0.4, 0.5) is 0 Å². The van der Waals surface area contributed by atoms with Crippen LogP contribution in [-0.4, -0.2) is 42.3 Å². The van der Waals surface area contributed by atoms with E-state index in [-0.39, 0.29) is 0 Å². The van der Waals surface area contributed by atoms with Crippen molar-refractivity contribution in [2.45, 2.75) is 85.4 Å². The highest BCUT2D eigenvalue weighted by molar-refractivity contribution is 6.92. The SMILES string of the molecule is CC[CH][Si](O[Si](C)(C)C)(O[Si](C)(C)C)O[Si](C)(C)O[Si](C)(C)C. The van der Waals surface area contributed by atoms with Gasteiger partial charge in [-0.3, -0.25) is 0 Å². The topological polar surface area (TPSA) is 36.9 Å². The summed E-state index contributed by atoms with van der Waals surface area (Å²) in [5.41, 5.74) is 0. The van der Waals surface area contributed by atoms with Crippen LogP contribution in [0.3, 0.4) is 0 Å². The van der Waals surface area contributed by atoms with Gasteiger partial charge in [-0.2, -0.15) is 0 Å². The molecule has 0 amide bonds. The molecular weight excluding hydrogens is 373 g/mol. The lowest BCUT2D eigenvalue weighted by atomic mass is 10.6. The molecule has 1 radical (unpaired) electrons. The summed E-state index contributed by atoms with van der Waals surface area (Å²) >= 11 is 0. The van der Waals surface area contributed by atoms with E-state index in [1.54, 1.807) is 0 Å². The molecule has 0 fully saturated rings. The molecule has 0 aliphatic heterocycles. The highest BCUT2D eigenvalue weighted by Crippen LogP contribution is 2.30. The predicted octanol–water partition coefficient (Wildman–Crippen LogP) is 5.35. The first-order valence-electron chi connectivity index (χ1n) is 8.54. The van der Waals surface area contributed by atoms with Crippen LogP contribution in [0.15, 0.2) is 0 Å². The monoisotopic (exact) mass is 411 g/mol. The maximum absolute atomic E-state index is 6.65. The normalized spacial score (nSPS) is 15.1.